The Morgan fingerprint density at radius 1 is 1.23 bits per heavy atom. The van der Waals surface area contributed by atoms with Crippen LogP contribution in [-0.2, 0) is 14.3 Å². The van der Waals surface area contributed by atoms with Gasteiger partial charge in [0, 0.05) is 5.57 Å². The van der Waals surface area contributed by atoms with Crippen LogP contribution in [0.3, 0.4) is 0 Å². The summed E-state index contributed by atoms with van der Waals surface area (Å²) < 4.78 is 4.53. The number of rotatable bonds is 10. The summed E-state index contributed by atoms with van der Waals surface area (Å²) in [7, 11) is 0. The molecule has 0 saturated heterocycles. The maximum Gasteiger partial charge on any atom is 0.334 e. The van der Waals surface area contributed by atoms with Crippen molar-refractivity contribution in [3.8, 4) is 0 Å². The summed E-state index contributed by atoms with van der Waals surface area (Å²) in [6, 6.07) is 0. The van der Waals surface area contributed by atoms with E-state index < -0.39 is 18.4 Å². The number of carboxylic acid groups (broad SMARTS) is 1. The SMILES string of the molecule is C=CCOC(=O)C(=C)CC(=O)O.CCCCC=CC=CCO. The normalized spacial score (nSPS) is 10.1. The molecule has 0 heterocycles. The highest BCUT2D eigenvalue weighted by Gasteiger charge is 2.10. The van der Waals surface area contributed by atoms with Crippen LogP contribution in [0.4, 0.5) is 0 Å². The third-order valence-electron chi connectivity index (χ3n) is 2.20. The van der Waals surface area contributed by atoms with Crippen LogP contribution in [0.25, 0.3) is 0 Å². The molecule has 124 valence electrons. The Hall–Kier alpha value is -2.14. The average molecular weight is 310 g/mol. The number of hydrogen-bond donors (Lipinski definition) is 2. The van der Waals surface area contributed by atoms with E-state index in [2.05, 4.69) is 30.9 Å². The van der Waals surface area contributed by atoms with E-state index in [1.165, 1.54) is 18.9 Å². The van der Waals surface area contributed by atoms with Gasteiger partial charge in [-0.1, -0.05) is 63.3 Å². The fourth-order valence-electron chi connectivity index (χ4n) is 1.13. The fraction of sp³-hybridized carbons (Fsp3) is 0.412. The van der Waals surface area contributed by atoms with Gasteiger partial charge in [0.15, 0.2) is 0 Å². The predicted molar refractivity (Wildman–Crippen MR) is 87.4 cm³/mol. The standard InChI is InChI=1S/C9H16O.C8H10O4/c1-2-3-4-5-6-7-8-9-10;1-3-4-12-8(11)6(2)5-7(9)10/h5-8,10H,2-4,9H2,1H3;3H,1-2,4-5H2,(H,9,10). The summed E-state index contributed by atoms with van der Waals surface area (Å²) >= 11 is 0. The van der Waals surface area contributed by atoms with Crippen molar-refractivity contribution < 1.29 is 24.5 Å². The zero-order valence-corrected chi connectivity index (χ0v) is 13.2. The lowest BCUT2D eigenvalue weighted by molar-refractivity contribution is -0.142. The molecule has 0 saturated carbocycles. The lowest BCUT2D eigenvalue weighted by Gasteiger charge is -2.01. The van der Waals surface area contributed by atoms with Crippen LogP contribution in [0.2, 0.25) is 0 Å². The van der Waals surface area contributed by atoms with E-state index in [1.807, 2.05) is 12.2 Å². The maximum atomic E-state index is 10.8. The number of hydrogen-bond acceptors (Lipinski definition) is 4. The van der Waals surface area contributed by atoms with Crippen molar-refractivity contribution >= 4 is 11.9 Å². The number of aliphatic carboxylic acids is 1. The summed E-state index contributed by atoms with van der Waals surface area (Å²) in [4.78, 5) is 20.9. The van der Waals surface area contributed by atoms with E-state index >= 15 is 0 Å². The van der Waals surface area contributed by atoms with Crippen molar-refractivity contribution in [2.45, 2.75) is 32.6 Å². The van der Waals surface area contributed by atoms with Crippen molar-refractivity contribution in [2.24, 2.45) is 0 Å². The van der Waals surface area contributed by atoms with E-state index in [0.29, 0.717) is 0 Å². The first-order chi connectivity index (χ1) is 10.5. The van der Waals surface area contributed by atoms with Crippen molar-refractivity contribution in [3.05, 3.63) is 49.1 Å². The van der Waals surface area contributed by atoms with Crippen LogP contribution >= 0.6 is 0 Å². The van der Waals surface area contributed by atoms with E-state index in [1.54, 1.807) is 6.08 Å². The van der Waals surface area contributed by atoms with Gasteiger partial charge in [-0.25, -0.2) is 4.79 Å². The molecule has 0 unspecified atom stereocenters. The minimum absolute atomic E-state index is 0.0654. The van der Waals surface area contributed by atoms with Crippen molar-refractivity contribution in [3.63, 3.8) is 0 Å². The number of carbonyl (C=O) groups excluding carboxylic acids is 1. The van der Waals surface area contributed by atoms with Gasteiger partial charge in [-0.2, -0.15) is 0 Å². The van der Waals surface area contributed by atoms with Gasteiger partial charge < -0.3 is 14.9 Å². The fourth-order valence-corrected chi connectivity index (χ4v) is 1.13. The van der Waals surface area contributed by atoms with Crippen LogP contribution < -0.4 is 0 Å². The van der Waals surface area contributed by atoms with Crippen LogP contribution in [0.1, 0.15) is 32.6 Å². The van der Waals surface area contributed by atoms with Gasteiger partial charge >= 0.3 is 11.9 Å². The largest absolute Gasteiger partial charge is 0.481 e. The third kappa shape index (κ3) is 17.9. The topological polar surface area (TPSA) is 83.8 Å². The predicted octanol–water partition coefficient (Wildman–Crippen LogP) is 3.03. The summed E-state index contributed by atoms with van der Waals surface area (Å²) in [5, 5.41) is 16.6. The van der Waals surface area contributed by atoms with Crippen molar-refractivity contribution in [1.29, 1.82) is 0 Å². The number of allylic oxidation sites excluding steroid dienone is 3. The van der Waals surface area contributed by atoms with Gasteiger partial charge in [0.05, 0.1) is 13.0 Å². The second kappa shape index (κ2) is 16.9. The molecule has 0 rings (SSSR count). The van der Waals surface area contributed by atoms with E-state index in [0.717, 1.165) is 6.42 Å². The van der Waals surface area contributed by atoms with Crippen LogP contribution in [0, 0.1) is 0 Å². The molecule has 5 nitrogen and oxygen atoms in total. The van der Waals surface area contributed by atoms with Gasteiger partial charge in [-0.3, -0.25) is 4.79 Å². The number of ether oxygens (including phenoxy) is 1. The second-order valence-corrected chi connectivity index (χ2v) is 4.24. The number of carbonyl (C=O) groups is 2. The Labute approximate surface area is 132 Å². The molecule has 0 bridgehead atoms. The monoisotopic (exact) mass is 310 g/mol. The highest BCUT2D eigenvalue weighted by Crippen LogP contribution is 2.00. The Bertz CT molecular complexity index is 394. The second-order valence-electron chi connectivity index (χ2n) is 4.24. The summed E-state index contributed by atoms with van der Waals surface area (Å²) in [5.41, 5.74) is -0.0654. The van der Waals surface area contributed by atoms with Crippen LogP contribution in [-0.4, -0.2) is 35.4 Å². The number of esters is 1. The zero-order chi connectivity index (χ0) is 17.2. The molecule has 0 amide bonds. The highest BCUT2D eigenvalue weighted by molar-refractivity contribution is 5.92. The molecule has 2 N–H and O–H groups in total. The molecule has 0 aliphatic carbocycles. The molecule has 0 aliphatic rings. The van der Waals surface area contributed by atoms with Gasteiger partial charge in [0.2, 0.25) is 0 Å². The maximum absolute atomic E-state index is 10.8. The molecule has 0 aromatic carbocycles. The summed E-state index contributed by atoms with van der Waals surface area (Å²) in [6.45, 7) is 8.97. The Morgan fingerprint density at radius 2 is 1.86 bits per heavy atom. The van der Waals surface area contributed by atoms with Crippen LogP contribution in [0.5, 0.6) is 0 Å². The smallest absolute Gasteiger partial charge is 0.334 e. The van der Waals surface area contributed by atoms with Gasteiger partial charge in [-0.05, 0) is 6.42 Å². The minimum Gasteiger partial charge on any atom is -0.481 e. The number of carboxylic acids is 1. The van der Waals surface area contributed by atoms with Gasteiger partial charge in [0.1, 0.15) is 6.61 Å². The summed E-state index contributed by atoms with van der Waals surface area (Å²) in [5.74, 6) is -1.80. The lowest BCUT2D eigenvalue weighted by Crippen LogP contribution is -2.10. The molecular formula is C17H26O5. The van der Waals surface area contributed by atoms with E-state index in [-0.39, 0.29) is 18.8 Å². The number of aliphatic hydroxyl groups excluding tert-OH is 1. The molecular weight excluding hydrogens is 284 g/mol. The van der Waals surface area contributed by atoms with Gasteiger partial charge in [0.25, 0.3) is 0 Å². The minimum atomic E-state index is -1.10. The highest BCUT2D eigenvalue weighted by atomic mass is 16.5. The Morgan fingerprint density at radius 3 is 2.36 bits per heavy atom. The first kappa shape index (κ1) is 22.1. The molecule has 0 aromatic rings. The molecule has 0 radical (unpaired) electrons. The van der Waals surface area contributed by atoms with Crippen LogP contribution in [0.15, 0.2) is 49.1 Å². The van der Waals surface area contributed by atoms with E-state index in [4.69, 9.17) is 10.2 Å². The molecule has 0 fully saturated rings. The summed E-state index contributed by atoms with van der Waals surface area (Å²) in [6.07, 6.45) is 12.3. The lowest BCUT2D eigenvalue weighted by atomic mass is 10.2. The average Bonchev–Trinajstić information content (AvgIpc) is 2.48. The zero-order valence-electron chi connectivity index (χ0n) is 13.2. The van der Waals surface area contributed by atoms with E-state index in [9.17, 15) is 9.59 Å². The first-order valence-corrected chi connectivity index (χ1v) is 7.09. The molecule has 0 aliphatic heterocycles. The molecule has 0 aromatic heterocycles. The molecule has 0 atom stereocenters. The third-order valence-corrected chi connectivity index (χ3v) is 2.20. The first-order valence-electron chi connectivity index (χ1n) is 7.09. The van der Waals surface area contributed by atoms with Crippen molar-refractivity contribution in [1.82, 2.24) is 0 Å². The van der Waals surface area contributed by atoms with Crippen molar-refractivity contribution in [2.75, 3.05) is 13.2 Å². The Balaban J connectivity index is 0. The molecule has 22 heavy (non-hydrogen) atoms. The number of unbranched alkanes of at least 4 members (excludes halogenated alkanes) is 2. The molecule has 0 spiro atoms. The van der Waals surface area contributed by atoms with Gasteiger partial charge in [-0.15, -0.1) is 0 Å². The Kier molecular flexibility index (Phi) is 17.0. The number of aliphatic hydroxyl groups is 1. The molecule has 5 heteroatoms. The quantitative estimate of drug-likeness (QED) is 0.213.